The van der Waals surface area contributed by atoms with Gasteiger partial charge in [0.2, 0.25) is 0 Å². The average Bonchev–Trinajstić information content (AvgIpc) is 2.79. The Balaban J connectivity index is 2.14. The Morgan fingerprint density at radius 3 is 2.95 bits per heavy atom. The van der Waals surface area contributed by atoms with E-state index >= 15 is 0 Å². The van der Waals surface area contributed by atoms with Gasteiger partial charge in [0.1, 0.15) is 5.65 Å². The number of hydrogen-bond donors (Lipinski definition) is 2. The number of aliphatic hydroxyl groups is 1. The highest BCUT2D eigenvalue weighted by molar-refractivity contribution is 5.80. The molecule has 2 N–H and O–H groups in total. The van der Waals surface area contributed by atoms with Gasteiger partial charge in [0.15, 0.2) is 0 Å². The topological polar surface area (TPSA) is 59.3 Å². The maximum atomic E-state index is 9.90. The Labute approximate surface area is 125 Å². The third-order valence-corrected chi connectivity index (χ3v) is 3.48. The predicted octanol–water partition coefficient (Wildman–Crippen LogP) is 1.93. The Hall–Kier alpha value is -1.43. The van der Waals surface area contributed by atoms with Crippen molar-refractivity contribution < 1.29 is 9.84 Å². The first-order valence-electron chi connectivity index (χ1n) is 7.36. The Morgan fingerprint density at radius 2 is 2.24 bits per heavy atom. The van der Waals surface area contributed by atoms with E-state index in [-0.39, 0.29) is 0 Å². The number of aryl methyl sites for hydroxylation is 1. The molecule has 0 aliphatic rings. The molecule has 0 aliphatic carbocycles. The van der Waals surface area contributed by atoms with Crippen LogP contribution in [0.3, 0.4) is 0 Å². The van der Waals surface area contributed by atoms with Crippen molar-refractivity contribution in [2.45, 2.75) is 39.0 Å². The molecule has 21 heavy (non-hydrogen) atoms. The van der Waals surface area contributed by atoms with Crippen molar-refractivity contribution >= 4 is 11.0 Å². The minimum atomic E-state index is -0.664. The number of fused-ring (bicyclic) bond motifs is 1. The van der Waals surface area contributed by atoms with E-state index in [1.54, 1.807) is 7.11 Å². The van der Waals surface area contributed by atoms with Crippen molar-refractivity contribution in [3.63, 3.8) is 0 Å². The zero-order chi connectivity index (χ0) is 15.3. The van der Waals surface area contributed by atoms with Crippen LogP contribution in [-0.2, 0) is 17.8 Å². The van der Waals surface area contributed by atoms with E-state index in [1.165, 1.54) is 5.56 Å². The van der Waals surface area contributed by atoms with E-state index in [2.05, 4.69) is 27.1 Å². The molecule has 0 bridgehead atoms. The molecule has 116 valence electrons. The Kier molecular flexibility index (Phi) is 5.33. The molecule has 2 rings (SSSR count). The Bertz CT molecular complexity index is 572. The van der Waals surface area contributed by atoms with E-state index in [1.807, 2.05) is 26.1 Å². The summed E-state index contributed by atoms with van der Waals surface area (Å²) < 4.78 is 7.17. The van der Waals surface area contributed by atoms with Gasteiger partial charge in [-0.2, -0.15) is 0 Å². The van der Waals surface area contributed by atoms with Gasteiger partial charge in [-0.05, 0) is 38.0 Å². The first-order valence-corrected chi connectivity index (χ1v) is 7.36. The lowest BCUT2D eigenvalue weighted by atomic mass is 10.1. The molecule has 0 radical (unpaired) electrons. The quantitative estimate of drug-likeness (QED) is 0.730. The van der Waals surface area contributed by atoms with Crippen LogP contribution in [0.1, 0.15) is 25.8 Å². The fourth-order valence-electron chi connectivity index (χ4n) is 2.30. The number of pyridine rings is 1. The largest absolute Gasteiger partial charge is 0.390 e. The number of rotatable bonds is 8. The average molecular weight is 291 g/mol. The lowest BCUT2D eigenvalue weighted by Crippen LogP contribution is -2.21. The van der Waals surface area contributed by atoms with Crippen LogP contribution >= 0.6 is 0 Å². The minimum absolute atomic E-state index is 0.664. The number of aromatic nitrogens is 2. The normalized spacial score (nSPS) is 12.2. The molecule has 2 aromatic heterocycles. The maximum absolute atomic E-state index is 9.90. The lowest BCUT2D eigenvalue weighted by molar-refractivity contribution is 0.0665. The van der Waals surface area contributed by atoms with Crippen LogP contribution in [0.5, 0.6) is 0 Å². The summed E-state index contributed by atoms with van der Waals surface area (Å²) >= 11 is 0. The first-order chi connectivity index (χ1) is 10.0. The maximum Gasteiger partial charge on any atom is 0.140 e. The van der Waals surface area contributed by atoms with Crippen molar-refractivity contribution in [3.8, 4) is 0 Å². The van der Waals surface area contributed by atoms with Gasteiger partial charge in [0.25, 0.3) is 0 Å². The molecule has 0 amide bonds. The van der Waals surface area contributed by atoms with Crippen LogP contribution in [-0.4, -0.2) is 40.5 Å². The van der Waals surface area contributed by atoms with E-state index in [4.69, 9.17) is 4.74 Å². The summed E-state index contributed by atoms with van der Waals surface area (Å²) in [6.07, 6.45) is 4.64. The molecular weight excluding hydrogens is 266 g/mol. The van der Waals surface area contributed by atoms with E-state index in [0.29, 0.717) is 13.0 Å². The number of nitrogens with one attached hydrogen (secondary N) is 1. The van der Waals surface area contributed by atoms with E-state index in [9.17, 15) is 5.11 Å². The van der Waals surface area contributed by atoms with Crippen molar-refractivity contribution in [1.82, 2.24) is 14.9 Å². The molecule has 2 heterocycles. The SMILES string of the molecule is COCCNCc1cn(CCC(C)(C)O)c2ncccc12. The third kappa shape index (κ3) is 4.52. The van der Waals surface area contributed by atoms with Gasteiger partial charge in [-0.3, -0.25) is 0 Å². The summed E-state index contributed by atoms with van der Waals surface area (Å²) in [5, 5.41) is 14.4. The van der Waals surface area contributed by atoms with Gasteiger partial charge in [0, 0.05) is 44.5 Å². The van der Waals surface area contributed by atoms with Crippen molar-refractivity contribution in [1.29, 1.82) is 0 Å². The van der Waals surface area contributed by atoms with E-state index in [0.717, 1.165) is 30.7 Å². The summed E-state index contributed by atoms with van der Waals surface area (Å²) in [5.74, 6) is 0. The zero-order valence-electron chi connectivity index (χ0n) is 13.1. The molecule has 0 saturated carbocycles. The number of ether oxygens (including phenoxy) is 1. The fraction of sp³-hybridized carbons (Fsp3) is 0.562. The van der Waals surface area contributed by atoms with Crippen LogP contribution in [0.4, 0.5) is 0 Å². The summed E-state index contributed by atoms with van der Waals surface area (Å²) in [7, 11) is 1.70. The van der Waals surface area contributed by atoms with Crippen molar-refractivity contribution in [3.05, 3.63) is 30.1 Å². The summed E-state index contributed by atoms with van der Waals surface area (Å²) in [6, 6.07) is 4.05. The number of methoxy groups -OCH3 is 1. The summed E-state index contributed by atoms with van der Waals surface area (Å²) in [4.78, 5) is 4.48. The highest BCUT2D eigenvalue weighted by Crippen LogP contribution is 2.21. The van der Waals surface area contributed by atoms with Crippen LogP contribution < -0.4 is 5.32 Å². The van der Waals surface area contributed by atoms with Crippen LogP contribution in [0.2, 0.25) is 0 Å². The highest BCUT2D eigenvalue weighted by atomic mass is 16.5. The first kappa shape index (κ1) is 15.9. The predicted molar refractivity (Wildman–Crippen MR) is 84.2 cm³/mol. The number of hydrogen-bond acceptors (Lipinski definition) is 4. The minimum Gasteiger partial charge on any atom is -0.390 e. The van der Waals surface area contributed by atoms with Gasteiger partial charge in [0.05, 0.1) is 12.2 Å². The van der Waals surface area contributed by atoms with Crippen molar-refractivity contribution in [2.24, 2.45) is 0 Å². The van der Waals surface area contributed by atoms with Crippen LogP contribution in [0.25, 0.3) is 11.0 Å². The molecule has 0 unspecified atom stereocenters. The Morgan fingerprint density at radius 1 is 1.43 bits per heavy atom. The third-order valence-electron chi connectivity index (χ3n) is 3.48. The lowest BCUT2D eigenvalue weighted by Gasteiger charge is -2.17. The van der Waals surface area contributed by atoms with E-state index < -0.39 is 5.60 Å². The highest BCUT2D eigenvalue weighted by Gasteiger charge is 2.14. The van der Waals surface area contributed by atoms with Gasteiger partial charge in [-0.25, -0.2) is 4.98 Å². The molecule has 2 aromatic rings. The van der Waals surface area contributed by atoms with Crippen molar-refractivity contribution in [2.75, 3.05) is 20.3 Å². The molecule has 0 spiro atoms. The second-order valence-electron chi connectivity index (χ2n) is 5.95. The summed E-state index contributed by atoms with van der Waals surface area (Å²) in [5.41, 5.74) is 1.54. The molecule has 0 fully saturated rings. The second-order valence-corrected chi connectivity index (χ2v) is 5.95. The molecular formula is C16H25N3O2. The monoisotopic (exact) mass is 291 g/mol. The molecule has 0 atom stereocenters. The molecule has 5 nitrogen and oxygen atoms in total. The number of nitrogens with zero attached hydrogens (tertiary/aromatic N) is 2. The van der Waals surface area contributed by atoms with Crippen LogP contribution in [0, 0.1) is 0 Å². The fourth-order valence-corrected chi connectivity index (χ4v) is 2.30. The second kappa shape index (κ2) is 7.02. The van der Waals surface area contributed by atoms with Gasteiger partial charge >= 0.3 is 0 Å². The molecule has 0 saturated heterocycles. The smallest absolute Gasteiger partial charge is 0.140 e. The summed E-state index contributed by atoms with van der Waals surface area (Å²) in [6.45, 7) is 6.75. The van der Waals surface area contributed by atoms with Gasteiger partial charge < -0.3 is 19.7 Å². The van der Waals surface area contributed by atoms with Gasteiger partial charge in [-0.15, -0.1) is 0 Å². The van der Waals surface area contributed by atoms with Gasteiger partial charge in [-0.1, -0.05) is 0 Å². The molecule has 0 aromatic carbocycles. The van der Waals surface area contributed by atoms with Crippen LogP contribution in [0.15, 0.2) is 24.5 Å². The molecule has 0 aliphatic heterocycles. The molecule has 5 heteroatoms. The standard InChI is InChI=1S/C16H25N3O2/c1-16(2,20)6-9-19-12-13(11-17-8-10-21-3)14-5-4-7-18-15(14)19/h4-5,7,12,17,20H,6,8-11H2,1-3H3. The zero-order valence-corrected chi connectivity index (χ0v) is 13.1.